The smallest absolute Gasteiger partial charge is 0.337 e. The van der Waals surface area contributed by atoms with Crippen molar-refractivity contribution in [3.05, 3.63) is 52.7 Å². The molecule has 0 aliphatic heterocycles. The van der Waals surface area contributed by atoms with E-state index in [9.17, 15) is 4.79 Å². The van der Waals surface area contributed by atoms with Crippen LogP contribution in [0.25, 0.3) is 0 Å². The predicted molar refractivity (Wildman–Crippen MR) is 72.0 cm³/mol. The molecular formula is C14H9ClN2O3. The van der Waals surface area contributed by atoms with Crippen molar-refractivity contribution >= 4 is 17.6 Å². The van der Waals surface area contributed by atoms with Crippen molar-refractivity contribution in [2.45, 2.75) is 6.42 Å². The number of carboxylic acids is 1. The highest BCUT2D eigenvalue weighted by atomic mass is 35.5. The third-order valence-electron chi connectivity index (χ3n) is 2.49. The summed E-state index contributed by atoms with van der Waals surface area (Å²) >= 11 is 5.72. The van der Waals surface area contributed by atoms with Crippen LogP contribution < -0.4 is 4.74 Å². The lowest BCUT2D eigenvalue weighted by atomic mass is 10.2. The summed E-state index contributed by atoms with van der Waals surface area (Å²) < 4.78 is 5.44. The zero-order valence-corrected chi connectivity index (χ0v) is 11.0. The van der Waals surface area contributed by atoms with Gasteiger partial charge in [-0.25, -0.2) is 9.78 Å². The Balaban J connectivity index is 2.20. The van der Waals surface area contributed by atoms with E-state index in [4.69, 9.17) is 26.7 Å². The van der Waals surface area contributed by atoms with Crippen LogP contribution >= 0.6 is 11.6 Å². The zero-order valence-electron chi connectivity index (χ0n) is 10.2. The fourth-order valence-corrected chi connectivity index (χ4v) is 1.71. The van der Waals surface area contributed by atoms with E-state index in [1.165, 1.54) is 12.3 Å². The number of nitrogens with zero attached hydrogens (tertiary/aromatic N) is 2. The summed E-state index contributed by atoms with van der Waals surface area (Å²) in [5.74, 6) is -0.510. The second kappa shape index (κ2) is 6.04. The zero-order chi connectivity index (χ0) is 14.5. The quantitative estimate of drug-likeness (QED) is 0.933. The van der Waals surface area contributed by atoms with Crippen LogP contribution in [0.1, 0.15) is 15.9 Å². The molecule has 1 aromatic carbocycles. The van der Waals surface area contributed by atoms with Gasteiger partial charge in [-0.15, -0.1) is 0 Å². The van der Waals surface area contributed by atoms with Gasteiger partial charge >= 0.3 is 5.97 Å². The number of nitriles is 1. The lowest BCUT2D eigenvalue weighted by Crippen LogP contribution is -1.99. The van der Waals surface area contributed by atoms with Crippen LogP contribution in [0.2, 0.25) is 5.02 Å². The molecule has 0 bridgehead atoms. The summed E-state index contributed by atoms with van der Waals surface area (Å²) in [5.41, 5.74) is 0.799. The van der Waals surface area contributed by atoms with Crippen LogP contribution in [-0.2, 0) is 6.42 Å². The molecule has 0 atom stereocenters. The van der Waals surface area contributed by atoms with Gasteiger partial charge in [-0.05, 0) is 17.7 Å². The van der Waals surface area contributed by atoms with Crippen LogP contribution in [0, 0.1) is 11.3 Å². The summed E-state index contributed by atoms with van der Waals surface area (Å²) in [5, 5.41) is 17.6. The van der Waals surface area contributed by atoms with Gasteiger partial charge in [-0.2, -0.15) is 5.26 Å². The van der Waals surface area contributed by atoms with Crippen LogP contribution in [0.15, 0.2) is 36.5 Å². The number of carboxylic acid groups (broad SMARTS) is 1. The first-order valence-electron chi connectivity index (χ1n) is 5.62. The molecular weight excluding hydrogens is 280 g/mol. The van der Waals surface area contributed by atoms with Gasteiger partial charge < -0.3 is 9.84 Å². The first kappa shape index (κ1) is 13.8. The molecule has 1 heterocycles. The van der Waals surface area contributed by atoms with Gasteiger partial charge in [0, 0.05) is 6.07 Å². The molecule has 5 nitrogen and oxygen atoms in total. The van der Waals surface area contributed by atoms with E-state index in [-0.39, 0.29) is 16.5 Å². The van der Waals surface area contributed by atoms with Crippen molar-refractivity contribution in [1.82, 2.24) is 4.98 Å². The second-order valence-electron chi connectivity index (χ2n) is 3.89. The third-order valence-corrected chi connectivity index (χ3v) is 2.79. The van der Waals surface area contributed by atoms with Gasteiger partial charge in [-0.3, -0.25) is 0 Å². The number of hydrogen-bond donors (Lipinski definition) is 1. The highest BCUT2D eigenvalue weighted by molar-refractivity contribution is 6.33. The molecule has 0 spiro atoms. The normalized spacial score (nSPS) is 9.80. The van der Waals surface area contributed by atoms with Crippen molar-refractivity contribution in [3.8, 4) is 17.7 Å². The molecule has 2 aromatic rings. The first-order valence-corrected chi connectivity index (χ1v) is 6.00. The van der Waals surface area contributed by atoms with Crippen LogP contribution in [0.4, 0.5) is 0 Å². The molecule has 0 aliphatic carbocycles. The summed E-state index contributed by atoms with van der Waals surface area (Å²) in [6.07, 6.45) is 1.55. The molecule has 6 heteroatoms. The molecule has 0 aliphatic rings. The molecule has 0 unspecified atom stereocenters. The monoisotopic (exact) mass is 288 g/mol. The Morgan fingerprint density at radius 1 is 1.40 bits per heavy atom. The molecule has 0 radical (unpaired) electrons. The van der Waals surface area contributed by atoms with Gasteiger partial charge in [-0.1, -0.05) is 23.7 Å². The van der Waals surface area contributed by atoms with Gasteiger partial charge in [0.15, 0.2) is 0 Å². The van der Waals surface area contributed by atoms with Crippen molar-refractivity contribution in [2.24, 2.45) is 0 Å². The molecule has 2 rings (SSSR count). The van der Waals surface area contributed by atoms with Gasteiger partial charge in [0.2, 0.25) is 5.88 Å². The molecule has 1 aromatic heterocycles. The van der Waals surface area contributed by atoms with Crippen molar-refractivity contribution in [2.75, 3.05) is 0 Å². The number of pyridine rings is 1. The average Bonchev–Trinajstić information content (AvgIpc) is 2.43. The highest BCUT2D eigenvalue weighted by Gasteiger charge is 2.11. The predicted octanol–water partition coefficient (Wildman–Crippen LogP) is 3.29. The summed E-state index contributed by atoms with van der Waals surface area (Å²) in [4.78, 5) is 14.9. The van der Waals surface area contributed by atoms with E-state index in [1.807, 2.05) is 6.07 Å². The Labute approximate surface area is 120 Å². The number of hydrogen-bond acceptors (Lipinski definition) is 4. The van der Waals surface area contributed by atoms with Gasteiger partial charge in [0.1, 0.15) is 5.75 Å². The fraction of sp³-hybridized carbons (Fsp3) is 0.0714. The van der Waals surface area contributed by atoms with Crippen LogP contribution in [0.3, 0.4) is 0 Å². The standard InChI is InChI=1S/C14H9ClN2O3/c15-12-8-17-13(7-11(12)14(18)19)20-10-3-1-9(2-4-10)5-6-16/h1-4,7-8H,5H2,(H,18,19). The average molecular weight is 289 g/mol. The Morgan fingerprint density at radius 3 is 2.70 bits per heavy atom. The van der Waals surface area contributed by atoms with E-state index in [2.05, 4.69) is 4.98 Å². The maximum Gasteiger partial charge on any atom is 0.337 e. The van der Waals surface area contributed by atoms with E-state index in [1.54, 1.807) is 24.3 Å². The number of benzene rings is 1. The van der Waals surface area contributed by atoms with E-state index in [0.29, 0.717) is 12.2 Å². The minimum absolute atomic E-state index is 0.0502. The minimum Gasteiger partial charge on any atom is -0.478 e. The molecule has 0 saturated heterocycles. The SMILES string of the molecule is N#CCc1ccc(Oc2cc(C(=O)O)c(Cl)cn2)cc1. The fourth-order valence-electron chi connectivity index (χ4n) is 1.53. The Morgan fingerprint density at radius 2 is 2.10 bits per heavy atom. The Bertz CT molecular complexity index is 678. The molecule has 0 saturated carbocycles. The van der Waals surface area contributed by atoms with Gasteiger partial charge in [0.25, 0.3) is 0 Å². The summed E-state index contributed by atoms with van der Waals surface area (Å²) in [6, 6.07) is 10.2. The van der Waals surface area contributed by atoms with Crippen LogP contribution in [-0.4, -0.2) is 16.1 Å². The number of aromatic carboxylic acids is 1. The second-order valence-corrected chi connectivity index (χ2v) is 4.30. The van der Waals surface area contributed by atoms with Gasteiger partial charge in [0.05, 0.1) is 29.3 Å². The number of halogens is 1. The number of rotatable bonds is 4. The number of ether oxygens (including phenoxy) is 1. The maximum atomic E-state index is 10.9. The Kier molecular flexibility index (Phi) is 4.18. The largest absolute Gasteiger partial charge is 0.478 e. The first-order chi connectivity index (χ1) is 9.60. The highest BCUT2D eigenvalue weighted by Crippen LogP contribution is 2.24. The summed E-state index contributed by atoms with van der Waals surface area (Å²) in [6.45, 7) is 0. The molecule has 0 amide bonds. The van der Waals surface area contributed by atoms with Crippen molar-refractivity contribution in [1.29, 1.82) is 5.26 Å². The Hall–Kier alpha value is -2.58. The van der Waals surface area contributed by atoms with Crippen LogP contribution in [0.5, 0.6) is 11.6 Å². The van der Waals surface area contributed by atoms with E-state index < -0.39 is 5.97 Å². The topological polar surface area (TPSA) is 83.2 Å². The number of carbonyl (C=O) groups is 1. The number of aromatic nitrogens is 1. The molecule has 100 valence electrons. The minimum atomic E-state index is -1.15. The van der Waals surface area contributed by atoms with Crippen molar-refractivity contribution < 1.29 is 14.6 Å². The molecule has 20 heavy (non-hydrogen) atoms. The molecule has 0 fully saturated rings. The van der Waals surface area contributed by atoms with E-state index >= 15 is 0 Å². The molecule has 1 N–H and O–H groups in total. The lowest BCUT2D eigenvalue weighted by Gasteiger charge is -2.06. The van der Waals surface area contributed by atoms with E-state index in [0.717, 1.165) is 5.56 Å². The van der Waals surface area contributed by atoms with Crippen molar-refractivity contribution in [3.63, 3.8) is 0 Å². The summed E-state index contributed by atoms with van der Waals surface area (Å²) in [7, 11) is 0. The lowest BCUT2D eigenvalue weighted by molar-refractivity contribution is 0.0696. The third kappa shape index (κ3) is 3.25. The maximum absolute atomic E-state index is 10.9.